The summed E-state index contributed by atoms with van der Waals surface area (Å²) in [7, 11) is 1.98. The molecule has 0 spiro atoms. The smallest absolute Gasteiger partial charge is 0.204 e. The number of carbonyl (C=O) groups excluding carboxylic acids is 1. The Morgan fingerprint density at radius 2 is 2.45 bits per heavy atom. The van der Waals surface area contributed by atoms with E-state index in [1.807, 2.05) is 7.05 Å². The lowest BCUT2D eigenvalue weighted by Gasteiger charge is -2.03. The lowest BCUT2D eigenvalue weighted by atomic mass is 10.2. The number of carbonyl (C=O) groups is 1. The van der Waals surface area contributed by atoms with Crippen LogP contribution in [-0.2, 0) is 13.1 Å². The molecule has 0 bridgehead atoms. The van der Waals surface area contributed by atoms with Gasteiger partial charge in [0.2, 0.25) is 5.76 Å². The lowest BCUT2D eigenvalue weighted by Crippen LogP contribution is -2.08. The maximum Gasteiger partial charge on any atom is 0.204 e. The van der Waals surface area contributed by atoms with Gasteiger partial charge in [-0.3, -0.25) is 9.69 Å². The molecule has 2 rings (SSSR count). The highest BCUT2D eigenvalue weighted by atomic mass is 16.5. The van der Waals surface area contributed by atoms with Crippen molar-refractivity contribution in [1.29, 1.82) is 0 Å². The maximum absolute atomic E-state index is 10.4. The molecular weight excluding hydrogens is 144 g/mol. The quantitative estimate of drug-likeness (QED) is 0.547. The van der Waals surface area contributed by atoms with Crippen molar-refractivity contribution in [3.63, 3.8) is 0 Å². The Morgan fingerprint density at radius 1 is 1.64 bits per heavy atom. The summed E-state index contributed by atoms with van der Waals surface area (Å²) in [6.07, 6.45) is 0.713. The van der Waals surface area contributed by atoms with E-state index >= 15 is 0 Å². The third-order valence-corrected chi connectivity index (χ3v) is 1.85. The first-order chi connectivity index (χ1) is 5.31. The second-order valence-electron chi connectivity index (χ2n) is 2.76. The van der Waals surface area contributed by atoms with Gasteiger partial charge in [0, 0.05) is 18.7 Å². The number of fused-ring (bicyclic) bond motifs is 1. The van der Waals surface area contributed by atoms with E-state index in [0.29, 0.717) is 12.0 Å². The molecule has 1 aliphatic rings. The SMILES string of the molecule is CN1Cc2noc(C=O)c2C1. The fourth-order valence-corrected chi connectivity index (χ4v) is 1.32. The van der Waals surface area contributed by atoms with Crippen molar-refractivity contribution >= 4 is 6.29 Å². The molecule has 0 fully saturated rings. The number of nitrogens with zero attached hydrogens (tertiary/aromatic N) is 2. The summed E-state index contributed by atoms with van der Waals surface area (Å²) < 4.78 is 4.79. The summed E-state index contributed by atoms with van der Waals surface area (Å²) in [6.45, 7) is 1.56. The molecule has 58 valence electrons. The Bertz CT molecular complexity index is 293. The van der Waals surface area contributed by atoms with Gasteiger partial charge < -0.3 is 4.52 Å². The van der Waals surface area contributed by atoms with Crippen LogP contribution >= 0.6 is 0 Å². The monoisotopic (exact) mass is 152 g/mol. The van der Waals surface area contributed by atoms with Gasteiger partial charge in [-0.15, -0.1) is 0 Å². The normalized spacial score (nSPS) is 16.8. The predicted molar refractivity (Wildman–Crippen MR) is 37.1 cm³/mol. The van der Waals surface area contributed by atoms with Gasteiger partial charge in [-0.05, 0) is 7.05 Å². The Kier molecular flexibility index (Phi) is 1.29. The van der Waals surface area contributed by atoms with Crippen molar-refractivity contribution in [1.82, 2.24) is 10.1 Å². The summed E-state index contributed by atoms with van der Waals surface area (Å²) in [4.78, 5) is 12.5. The molecular formula is C7H8N2O2. The van der Waals surface area contributed by atoms with Crippen LogP contribution in [0.2, 0.25) is 0 Å². The van der Waals surface area contributed by atoms with Crippen molar-refractivity contribution in [2.24, 2.45) is 0 Å². The van der Waals surface area contributed by atoms with E-state index < -0.39 is 0 Å². The number of hydrogen-bond acceptors (Lipinski definition) is 4. The highest BCUT2D eigenvalue weighted by molar-refractivity contribution is 5.73. The summed E-state index contributed by atoms with van der Waals surface area (Å²) in [5.74, 6) is 0.379. The van der Waals surface area contributed by atoms with E-state index in [1.54, 1.807) is 0 Å². The molecule has 4 heteroatoms. The molecule has 1 aromatic rings. The first-order valence-corrected chi connectivity index (χ1v) is 3.42. The molecule has 0 saturated heterocycles. The zero-order valence-electron chi connectivity index (χ0n) is 6.20. The average molecular weight is 152 g/mol. The van der Waals surface area contributed by atoms with Crippen LogP contribution in [0.1, 0.15) is 21.8 Å². The molecule has 1 aromatic heterocycles. The first-order valence-electron chi connectivity index (χ1n) is 3.42. The van der Waals surface area contributed by atoms with E-state index in [-0.39, 0.29) is 0 Å². The van der Waals surface area contributed by atoms with E-state index in [0.717, 1.165) is 24.3 Å². The van der Waals surface area contributed by atoms with Gasteiger partial charge in [-0.1, -0.05) is 5.16 Å². The van der Waals surface area contributed by atoms with Crippen molar-refractivity contribution in [2.75, 3.05) is 7.05 Å². The van der Waals surface area contributed by atoms with Crippen LogP contribution in [0.4, 0.5) is 0 Å². The standard InChI is InChI=1S/C7H8N2O2/c1-9-2-5-6(3-9)8-11-7(5)4-10/h4H,2-3H2,1H3. The zero-order chi connectivity index (χ0) is 7.84. The first kappa shape index (κ1) is 6.54. The average Bonchev–Trinajstić information content (AvgIpc) is 2.45. The summed E-state index contributed by atoms with van der Waals surface area (Å²) >= 11 is 0. The number of rotatable bonds is 1. The Labute approximate surface area is 63.8 Å². The summed E-state index contributed by atoms with van der Waals surface area (Å²) in [5.41, 5.74) is 1.84. The molecule has 0 radical (unpaired) electrons. The third kappa shape index (κ3) is 0.867. The minimum absolute atomic E-state index is 0.379. The molecule has 0 atom stereocenters. The summed E-state index contributed by atoms with van der Waals surface area (Å²) in [6, 6.07) is 0. The van der Waals surface area contributed by atoms with Crippen molar-refractivity contribution < 1.29 is 9.32 Å². The van der Waals surface area contributed by atoms with Crippen LogP contribution in [0, 0.1) is 0 Å². The van der Waals surface area contributed by atoms with E-state index in [9.17, 15) is 4.79 Å². The predicted octanol–water partition coefficient (Wildman–Crippen LogP) is 0.432. The van der Waals surface area contributed by atoms with Crippen LogP contribution in [0.25, 0.3) is 0 Å². The van der Waals surface area contributed by atoms with Crippen LogP contribution in [0.15, 0.2) is 4.52 Å². The van der Waals surface area contributed by atoms with E-state index in [4.69, 9.17) is 4.52 Å². The topological polar surface area (TPSA) is 46.3 Å². The molecule has 0 aromatic carbocycles. The van der Waals surface area contributed by atoms with E-state index in [2.05, 4.69) is 10.1 Å². The van der Waals surface area contributed by atoms with Crippen molar-refractivity contribution in [2.45, 2.75) is 13.1 Å². The fourth-order valence-electron chi connectivity index (χ4n) is 1.32. The van der Waals surface area contributed by atoms with Gasteiger partial charge in [0.1, 0.15) is 5.69 Å². The van der Waals surface area contributed by atoms with Gasteiger partial charge in [0.15, 0.2) is 6.29 Å². The molecule has 0 amide bonds. The number of aromatic nitrogens is 1. The van der Waals surface area contributed by atoms with Gasteiger partial charge in [-0.2, -0.15) is 0 Å². The maximum atomic E-state index is 10.4. The number of aldehydes is 1. The Hall–Kier alpha value is -1.16. The van der Waals surface area contributed by atoms with Gasteiger partial charge in [0.25, 0.3) is 0 Å². The van der Waals surface area contributed by atoms with Crippen molar-refractivity contribution in [3.8, 4) is 0 Å². The van der Waals surface area contributed by atoms with Crippen LogP contribution in [0.5, 0.6) is 0 Å². The second-order valence-corrected chi connectivity index (χ2v) is 2.76. The van der Waals surface area contributed by atoms with Crippen LogP contribution in [-0.4, -0.2) is 23.4 Å². The molecule has 4 nitrogen and oxygen atoms in total. The molecule has 1 aliphatic heterocycles. The number of hydrogen-bond donors (Lipinski definition) is 0. The van der Waals surface area contributed by atoms with Crippen molar-refractivity contribution in [3.05, 3.63) is 17.0 Å². The molecule has 0 saturated carbocycles. The second kappa shape index (κ2) is 2.17. The largest absolute Gasteiger partial charge is 0.353 e. The Balaban J connectivity index is 2.44. The highest BCUT2D eigenvalue weighted by Gasteiger charge is 2.23. The molecule has 0 unspecified atom stereocenters. The van der Waals surface area contributed by atoms with Gasteiger partial charge in [0.05, 0.1) is 0 Å². The zero-order valence-corrected chi connectivity index (χ0v) is 6.20. The van der Waals surface area contributed by atoms with E-state index in [1.165, 1.54) is 0 Å². The molecule has 0 N–H and O–H groups in total. The third-order valence-electron chi connectivity index (χ3n) is 1.85. The lowest BCUT2D eigenvalue weighted by molar-refractivity contribution is 0.108. The molecule has 0 aliphatic carbocycles. The fraction of sp³-hybridized carbons (Fsp3) is 0.429. The minimum atomic E-state index is 0.379. The summed E-state index contributed by atoms with van der Waals surface area (Å²) in [5, 5.41) is 3.77. The van der Waals surface area contributed by atoms with Gasteiger partial charge in [-0.25, -0.2) is 0 Å². The van der Waals surface area contributed by atoms with Crippen LogP contribution < -0.4 is 0 Å². The molecule has 11 heavy (non-hydrogen) atoms. The van der Waals surface area contributed by atoms with Crippen LogP contribution in [0.3, 0.4) is 0 Å². The van der Waals surface area contributed by atoms with Gasteiger partial charge >= 0.3 is 0 Å². The Morgan fingerprint density at radius 3 is 3.18 bits per heavy atom. The molecule has 2 heterocycles. The minimum Gasteiger partial charge on any atom is -0.353 e. The highest BCUT2D eigenvalue weighted by Crippen LogP contribution is 2.22.